The molecule has 27 heavy (non-hydrogen) atoms. The number of phenols is 1. The number of hydrogen-bond donors (Lipinski definition) is 2. The van der Waals surface area contributed by atoms with Crippen molar-refractivity contribution in [1.29, 1.82) is 0 Å². The van der Waals surface area contributed by atoms with Crippen molar-refractivity contribution in [1.82, 2.24) is 10.3 Å². The van der Waals surface area contributed by atoms with Gasteiger partial charge < -0.3 is 19.6 Å². The van der Waals surface area contributed by atoms with Crippen molar-refractivity contribution in [3.8, 4) is 17.2 Å². The molecule has 0 aliphatic heterocycles. The summed E-state index contributed by atoms with van der Waals surface area (Å²) in [7, 11) is 0. The van der Waals surface area contributed by atoms with E-state index >= 15 is 0 Å². The molecule has 2 aromatic carbocycles. The molecule has 7 heteroatoms. The first-order valence-electron chi connectivity index (χ1n) is 8.27. The summed E-state index contributed by atoms with van der Waals surface area (Å²) >= 11 is 0. The third kappa shape index (κ3) is 4.72. The number of carbonyl (C=O) groups is 2. The molecule has 1 amide bonds. The highest BCUT2D eigenvalue weighted by atomic mass is 16.5. The van der Waals surface area contributed by atoms with Crippen molar-refractivity contribution < 1.29 is 23.8 Å². The average molecular weight is 366 g/mol. The second-order valence-electron chi connectivity index (χ2n) is 5.78. The predicted molar refractivity (Wildman–Crippen MR) is 96.9 cm³/mol. The minimum atomic E-state index is -0.604. The van der Waals surface area contributed by atoms with Crippen LogP contribution in [0.15, 0.2) is 59.0 Å². The van der Waals surface area contributed by atoms with Crippen LogP contribution in [0.4, 0.5) is 0 Å². The maximum atomic E-state index is 11.9. The zero-order chi connectivity index (χ0) is 19.2. The van der Waals surface area contributed by atoms with Crippen LogP contribution in [0, 0.1) is 6.92 Å². The number of oxazole rings is 1. The molecule has 0 saturated carbocycles. The van der Waals surface area contributed by atoms with E-state index in [0.29, 0.717) is 17.3 Å². The van der Waals surface area contributed by atoms with E-state index in [0.717, 1.165) is 5.56 Å². The van der Waals surface area contributed by atoms with Crippen molar-refractivity contribution in [3.05, 3.63) is 71.6 Å². The number of phenolic OH excluding ortho intramolecular Hbond substituents is 1. The summed E-state index contributed by atoms with van der Waals surface area (Å²) in [6, 6.07) is 15.2. The lowest BCUT2D eigenvalue weighted by Gasteiger charge is -2.06. The number of benzene rings is 2. The van der Waals surface area contributed by atoms with Crippen LogP contribution < -0.4 is 5.32 Å². The van der Waals surface area contributed by atoms with E-state index in [1.54, 1.807) is 13.0 Å². The number of amides is 1. The first-order chi connectivity index (χ1) is 13.0. The Morgan fingerprint density at radius 2 is 1.93 bits per heavy atom. The SMILES string of the molecule is Cc1oc(-c2ccccc2)nc1COC(=O)CNC(=O)c1cccc(O)c1. The molecule has 1 heterocycles. The van der Waals surface area contributed by atoms with Crippen molar-refractivity contribution in [2.75, 3.05) is 6.54 Å². The third-order valence-corrected chi connectivity index (χ3v) is 3.78. The minimum absolute atomic E-state index is 0.0269. The molecule has 0 radical (unpaired) electrons. The predicted octanol–water partition coefficient (Wildman–Crippen LogP) is 2.83. The monoisotopic (exact) mass is 366 g/mol. The molecule has 0 unspecified atom stereocenters. The van der Waals surface area contributed by atoms with Gasteiger partial charge in [-0.05, 0) is 37.3 Å². The van der Waals surface area contributed by atoms with Gasteiger partial charge in [-0.1, -0.05) is 24.3 Å². The number of aromatic hydroxyl groups is 1. The molecule has 7 nitrogen and oxygen atoms in total. The molecule has 3 aromatic rings. The number of nitrogens with one attached hydrogen (secondary N) is 1. The first-order valence-corrected chi connectivity index (χ1v) is 8.27. The zero-order valence-corrected chi connectivity index (χ0v) is 14.6. The number of ether oxygens (including phenoxy) is 1. The highest BCUT2D eigenvalue weighted by Crippen LogP contribution is 2.21. The largest absolute Gasteiger partial charge is 0.508 e. The third-order valence-electron chi connectivity index (χ3n) is 3.78. The molecule has 0 aliphatic rings. The molecule has 0 aliphatic carbocycles. The van der Waals surface area contributed by atoms with E-state index in [1.165, 1.54) is 18.2 Å². The number of hydrogen-bond acceptors (Lipinski definition) is 6. The van der Waals surface area contributed by atoms with Crippen LogP contribution in [0.5, 0.6) is 5.75 Å². The summed E-state index contributed by atoms with van der Waals surface area (Å²) in [6.45, 7) is 1.40. The highest BCUT2D eigenvalue weighted by Gasteiger charge is 2.14. The van der Waals surface area contributed by atoms with E-state index in [1.807, 2.05) is 30.3 Å². The zero-order valence-electron chi connectivity index (χ0n) is 14.6. The number of nitrogens with zero attached hydrogens (tertiary/aromatic N) is 1. The number of carbonyl (C=O) groups excluding carboxylic acids is 2. The summed E-state index contributed by atoms with van der Waals surface area (Å²) < 4.78 is 10.7. The van der Waals surface area contributed by atoms with Gasteiger partial charge >= 0.3 is 5.97 Å². The molecule has 0 fully saturated rings. The minimum Gasteiger partial charge on any atom is -0.508 e. The fraction of sp³-hybridized carbons (Fsp3) is 0.150. The van der Waals surface area contributed by atoms with Crippen LogP contribution in [-0.4, -0.2) is 28.5 Å². The van der Waals surface area contributed by atoms with Crippen LogP contribution in [0.1, 0.15) is 21.8 Å². The maximum absolute atomic E-state index is 11.9. The lowest BCUT2D eigenvalue weighted by atomic mass is 10.2. The Kier molecular flexibility index (Phi) is 5.51. The van der Waals surface area contributed by atoms with Gasteiger partial charge in [-0.3, -0.25) is 9.59 Å². The topological polar surface area (TPSA) is 102 Å². The summed E-state index contributed by atoms with van der Waals surface area (Å²) in [6.07, 6.45) is 0. The summed E-state index contributed by atoms with van der Waals surface area (Å²) in [5.41, 5.74) is 1.60. The summed E-state index contributed by atoms with van der Waals surface area (Å²) in [5.74, 6) is -0.0956. The lowest BCUT2D eigenvalue weighted by Crippen LogP contribution is -2.30. The highest BCUT2D eigenvalue weighted by molar-refractivity contribution is 5.96. The van der Waals surface area contributed by atoms with E-state index < -0.39 is 11.9 Å². The summed E-state index contributed by atoms with van der Waals surface area (Å²) in [5, 5.41) is 11.8. The molecule has 138 valence electrons. The Bertz CT molecular complexity index is 950. The van der Waals surface area contributed by atoms with Crippen LogP contribution in [-0.2, 0) is 16.1 Å². The van der Waals surface area contributed by atoms with Crippen LogP contribution in [0.25, 0.3) is 11.5 Å². The number of esters is 1. The Balaban J connectivity index is 1.52. The molecule has 1 aromatic heterocycles. The van der Waals surface area contributed by atoms with Crippen LogP contribution >= 0.6 is 0 Å². The average Bonchev–Trinajstić information content (AvgIpc) is 3.06. The Morgan fingerprint density at radius 1 is 1.15 bits per heavy atom. The molecular weight excluding hydrogens is 348 g/mol. The van der Waals surface area contributed by atoms with Gasteiger partial charge in [-0.15, -0.1) is 0 Å². The molecule has 0 atom stereocenters. The van der Waals surface area contributed by atoms with Crippen molar-refractivity contribution in [3.63, 3.8) is 0 Å². The summed E-state index contributed by atoms with van der Waals surface area (Å²) in [4.78, 5) is 28.1. The van der Waals surface area contributed by atoms with Crippen molar-refractivity contribution >= 4 is 11.9 Å². The van der Waals surface area contributed by atoms with Gasteiger partial charge in [0, 0.05) is 11.1 Å². The molecule has 3 rings (SSSR count). The number of aryl methyl sites for hydroxylation is 1. The van der Waals surface area contributed by atoms with E-state index in [2.05, 4.69) is 10.3 Å². The van der Waals surface area contributed by atoms with Gasteiger partial charge in [0.05, 0.1) is 0 Å². The number of aromatic nitrogens is 1. The molecule has 0 spiro atoms. The molecule has 0 bridgehead atoms. The maximum Gasteiger partial charge on any atom is 0.325 e. The Hall–Kier alpha value is -3.61. The fourth-order valence-corrected chi connectivity index (χ4v) is 2.37. The molecule has 0 saturated heterocycles. The van der Waals surface area contributed by atoms with Gasteiger partial charge in [0.1, 0.15) is 30.4 Å². The van der Waals surface area contributed by atoms with Gasteiger partial charge in [-0.25, -0.2) is 4.98 Å². The van der Waals surface area contributed by atoms with Gasteiger partial charge in [0.2, 0.25) is 5.89 Å². The second-order valence-corrected chi connectivity index (χ2v) is 5.78. The van der Waals surface area contributed by atoms with E-state index in [9.17, 15) is 14.7 Å². The van der Waals surface area contributed by atoms with Gasteiger partial charge in [0.25, 0.3) is 5.91 Å². The van der Waals surface area contributed by atoms with E-state index in [-0.39, 0.29) is 24.5 Å². The smallest absolute Gasteiger partial charge is 0.325 e. The quantitative estimate of drug-likeness (QED) is 0.651. The van der Waals surface area contributed by atoms with E-state index in [4.69, 9.17) is 9.15 Å². The van der Waals surface area contributed by atoms with Gasteiger partial charge in [-0.2, -0.15) is 0 Å². The normalized spacial score (nSPS) is 10.4. The van der Waals surface area contributed by atoms with Crippen molar-refractivity contribution in [2.24, 2.45) is 0 Å². The Morgan fingerprint density at radius 3 is 2.67 bits per heavy atom. The second kappa shape index (κ2) is 8.18. The molecular formula is C20H18N2O5. The van der Waals surface area contributed by atoms with Crippen molar-refractivity contribution in [2.45, 2.75) is 13.5 Å². The first kappa shape index (κ1) is 18.2. The Labute approximate surface area is 155 Å². The number of rotatable bonds is 6. The van der Waals surface area contributed by atoms with Crippen LogP contribution in [0.2, 0.25) is 0 Å². The fourth-order valence-electron chi connectivity index (χ4n) is 2.37. The molecule has 2 N–H and O–H groups in total. The lowest BCUT2D eigenvalue weighted by molar-refractivity contribution is -0.143. The van der Waals surface area contributed by atoms with Gasteiger partial charge in [0.15, 0.2) is 0 Å². The standard InChI is InChI=1S/C20H18N2O5/c1-13-17(22-20(27-13)14-6-3-2-4-7-14)12-26-18(24)11-21-19(25)15-8-5-9-16(23)10-15/h2-10,23H,11-12H2,1H3,(H,21,25). The van der Waals surface area contributed by atoms with Crippen LogP contribution in [0.3, 0.4) is 0 Å².